The van der Waals surface area contributed by atoms with Crippen LogP contribution in [0.15, 0.2) is 66.6 Å². The summed E-state index contributed by atoms with van der Waals surface area (Å²) in [7, 11) is -2.41. The van der Waals surface area contributed by atoms with Gasteiger partial charge in [-0.3, -0.25) is 0 Å². The number of methoxy groups -OCH3 is 1. The van der Waals surface area contributed by atoms with Crippen LogP contribution in [0, 0.1) is 11.8 Å². The number of ether oxygens (including phenoxy) is 2. The largest absolute Gasteiger partial charge is 0.490 e. The number of rotatable bonds is 9. The Hall–Kier alpha value is -3.01. The van der Waals surface area contributed by atoms with Crippen LogP contribution in [-0.4, -0.2) is 53.9 Å². The highest BCUT2D eigenvalue weighted by molar-refractivity contribution is 7.90. The van der Waals surface area contributed by atoms with Crippen molar-refractivity contribution in [1.82, 2.24) is 10.0 Å². The molecule has 2 aromatic rings. The molecule has 1 spiro atoms. The quantitative estimate of drug-likeness (QED) is 0.384. The first-order chi connectivity index (χ1) is 19.7. The van der Waals surface area contributed by atoms with Gasteiger partial charge >= 0.3 is 6.03 Å². The van der Waals surface area contributed by atoms with Crippen molar-refractivity contribution in [3.05, 3.63) is 77.9 Å². The van der Waals surface area contributed by atoms with E-state index in [1.54, 1.807) is 19.2 Å². The van der Waals surface area contributed by atoms with Crippen molar-refractivity contribution in [2.75, 3.05) is 38.3 Å². The number of carbonyl (C=O) groups excluding carboxylic acids is 1. The maximum atomic E-state index is 13.2. The second-order valence-electron chi connectivity index (χ2n) is 11.3. The molecule has 3 aliphatic rings. The van der Waals surface area contributed by atoms with Gasteiger partial charge in [-0.1, -0.05) is 29.8 Å². The number of hydrogen-bond donors (Lipinski definition) is 2. The summed E-state index contributed by atoms with van der Waals surface area (Å²) in [4.78, 5) is 14.5. The summed E-state index contributed by atoms with van der Waals surface area (Å²) in [6.45, 7) is 9.51. The number of aryl methyl sites for hydroxylation is 1. The second kappa shape index (κ2) is 12.1. The van der Waals surface area contributed by atoms with Gasteiger partial charge in [-0.05, 0) is 85.4 Å². The summed E-state index contributed by atoms with van der Waals surface area (Å²) < 4.78 is 40.7. The summed E-state index contributed by atoms with van der Waals surface area (Å²) in [5.41, 5.74) is 2.90. The molecule has 1 saturated carbocycles. The standard InChI is InChI=1S/C31H38ClN3O5S/c1-4-15-33-30(36)34-41(37,38)24-10-13-29-27(17-24)35(18-22-8-11-25(22)28(5-2)39-3)19-31(20-40-29)14-6-7-21-16-23(32)9-12-26(21)31/h4-5,9-10,12-13,16-17,22,25,28H,1-2,6-8,11,14-15,18-20H2,3H3,(H2,33,34,36)/t22-,25+,28?,31-/m0/s1. The molecule has 41 heavy (non-hydrogen) atoms. The molecule has 0 saturated heterocycles. The predicted molar refractivity (Wildman–Crippen MR) is 161 cm³/mol. The Labute approximate surface area is 247 Å². The van der Waals surface area contributed by atoms with E-state index in [1.165, 1.54) is 23.3 Å². The third-order valence-electron chi connectivity index (χ3n) is 8.81. The van der Waals surface area contributed by atoms with Crippen LogP contribution in [0.5, 0.6) is 5.75 Å². The average Bonchev–Trinajstić information content (AvgIpc) is 3.09. The van der Waals surface area contributed by atoms with Crippen molar-refractivity contribution in [2.24, 2.45) is 11.8 Å². The van der Waals surface area contributed by atoms with E-state index in [0.29, 0.717) is 36.4 Å². The Kier molecular flexibility index (Phi) is 8.68. The Bertz CT molecular complexity index is 1430. The predicted octanol–water partition coefficient (Wildman–Crippen LogP) is 5.21. The van der Waals surface area contributed by atoms with E-state index in [9.17, 15) is 13.2 Å². The van der Waals surface area contributed by atoms with Gasteiger partial charge in [-0.15, -0.1) is 13.2 Å². The fourth-order valence-corrected chi connectivity index (χ4v) is 7.77. The summed E-state index contributed by atoms with van der Waals surface area (Å²) in [6, 6.07) is 10.1. The van der Waals surface area contributed by atoms with Gasteiger partial charge in [-0.2, -0.15) is 0 Å². The average molecular weight is 600 g/mol. The molecule has 220 valence electrons. The highest BCUT2D eigenvalue weighted by atomic mass is 35.5. The third-order valence-corrected chi connectivity index (χ3v) is 10.4. The van der Waals surface area contributed by atoms with Crippen LogP contribution in [-0.2, 0) is 26.6 Å². The zero-order valence-corrected chi connectivity index (χ0v) is 25.0. The molecular weight excluding hydrogens is 562 g/mol. The minimum Gasteiger partial charge on any atom is -0.490 e. The molecule has 10 heteroatoms. The van der Waals surface area contributed by atoms with Crippen molar-refractivity contribution < 1.29 is 22.7 Å². The summed E-state index contributed by atoms with van der Waals surface area (Å²) in [5, 5.41) is 3.17. The highest BCUT2D eigenvalue weighted by Crippen LogP contribution is 2.47. The second-order valence-corrected chi connectivity index (χ2v) is 13.4. The molecule has 0 aromatic heterocycles. The third kappa shape index (κ3) is 5.98. The molecule has 5 rings (SSSR count). The molecule has 2 aliphatic carbocycles. The smallest absolute Gasteiger partial charge is 0.328 e. The lowest BCUT2D eigenvalue weighted by Crippen LogP contribution is -2.49. The molecule has 1 aliphatic heterocycles. The topological polar surface area (TPSA) is 97.0 Å². The van der Waals surface area contributed by atoms with Crippen molar-refractivity contribution in [1.29, 1.82) is 0 Å². The van der Waals surface area contributed by atoms with Crippen LogP contribution in [0.2, 0.25) is 5.02 Å². The Morgan fingerprint density at radius 2 is 2.10 bits per heavy atom. The van der Waals surface area contributed by atoms with Gasteiger partial charge in [0.25, 0.3) is 10.0 Å². The Morgan fingerprint density at radius 3 is 2.80 bits per heavy atom. The monoisotopic (exact) mass is 599 g/mol. The molecule has 0 radical (unpaired) electrons. The maximum Gasteiger partial charge on any atom is 0.328 e. The lowest BCUT2D eigenvalue weighted by molar-refractivity contribution is 0.0135. The molecule has 0 bridgehead atoms. The van der Waals surface area contributed by atoms with Crippen LogP contribution >= 0.6 is 11.6 Å². The summed E-state index contributed by atoms with van der Waals surface area (Å²) in [5.74, 6) is 1.30. The van der Waals surface area contributed by atoms with Gasteiger partial charge in [0, 0.05) is 37.2 Å². The van der Waals surface area contributed by atoms with E-state index in [0.717, 1.165) is 43.7 Å². The van der Waals surface area contributed by atoms with Crippen LogP contribution in [0.1, 0.15) is 36.8 Å². The fraction of sp³-hybridized carbons (Fsp3) is 0.452. The molecule has 1 fully saturated rings. The number of amides is 2. The maximum absolute atomic E-state index is 13.2. The minimum absolute atomic E-state index is 0.00333. The molecule has 2 N–H and O–H groups in total. The number of anilines is 1. The van der Waals surface area contributed by atoms with E-state index in [4.69, 9.17) is 21.1 Å². The molecule has 2 amide bonds. The van der Waals surface area contributed by atoms with E-state index in [-0.39, 0.29) is 23.0 Å². The number of nitrogens with zero attached hydrogens (tertiary/aromatic N) is 1. The molecule has 2 aromatic carbocycles. The Morgan fingerprint density at radius 1 is 1.27 bits per heavy atom. The molecule has 1 heterocycles. The van der Waals surface area contributed by atoms with Crippen molar-refractivity contribution >= 4 is 33.3 Å². The summed E-state index contributed by atoms with van der Waals surface area (Å²) >= 11 is 6.37. The molecule has 4 atom stereocenters. The van der Waals surface area contributed by atoms with Gasteiger partial charge in [0.15, 0.2) is 0 Å². The number of halogens is 1. The first-order valence-electron chi connectivity index (χ1n) is 14.1. The van der Waals surface area contributed by atoms with Crippen LogP contribution in [0.3, 0.4) is 0 Å². The van der Waals surface area contributed by atoms with Gasteiger partial charge < -0.3 is 19.7 Å². The van der Waals surface area contributed by atoms with Crippen molar-refractivity contribution in [3.63, 3.8) is 0 Å². The molecule has 1 unspecified atom stereocenters. The van der Waals surface area contributed by atoms with E-state index in [1.807, 2.05) is 12.1 Å². The van der Waals surface area contributed by atoms with E-state index >= 15 is 0 Å². The highest BCUT2D eigenvalue weighted by Gasteiger charge is 2.44. The number of hydrogen-bond acceptors (Lipinski definition) is 6. The number of fused-ring (bicyclic) bond motifs is 3. The van der Waals surface area contributed by atoms with Crippen LogP contribution in [0.25, 0.3) is 0 Å². The molecular formula is C31H38ClN3O5S. The first-order valence-corrected chi connectivity index (χ1v) is 15.9. The van der Waals surface area contributed by atoms with Gasteiger partial charge in [0.05, 0.1) is 23.3 Å². The zero-order chi connectivity index (χ0) is 29.2. The molecule has 8 nitrogen and oxygen atoms in total. The van der Waals surface area contributed by atoms with Crippen LogP contribution in [0.4, 0.5) is 10.5 Å². The normalized spacial score (nSPS) is 24.1. The number of benzene rings is 2. The van der Waals surface area contributed by atoms with Gasteiger partial charge in [-0.25, -0.2) is 17.9 Å². The van der Waals surface area contributed by atoms with Crippen molar-refractivity contribution in [3.8, 4) is 5.75 Å². The Balaban J connectivity index is 1.52. The number of carbonyl (C=O) groups is 1. The number of nitrogens with one attached hydrogen (secondary N) is 2. The van der Waals surface area contributed by atoms with E-state index in [2.05, 4.69) is 40.2 Å². The van der Waals surface area contributed by atoms with Gasteiger partial charge in [0.2, 0.25) is 0 Å². The van der Waals surface area contributed by atoms with Crippen LogP contribution < -0.4 is 19.7 Å². The van der Waals surface area contributed by atoms with E-state index < -0.39 is 16.1 Å². The fourth-order valence-electron chi connectivity index (χ4n) is 6.63. The lowest BCUT2D eigenvalue weighted by atomic mass is 9.68. The zero-order valence-electron chi connectivity index (χ0n) is 23.4. The number of sulfonamides is 1. The SMILES string of the molecule is C=CCNC(=O)NS(=O)(=O)c1ccc2c(c1)N(C[C@@H]1CC[C@H]1C(C=C)OC)C[C@@]1(CCCc3cc(Cl)ccc31)CO2. The summed E-state index contributed by atoms with van der Waals surface area (Å²) in [6.07, 6.45) is 8.34. The lowest BCUT2D eigenvalue weighted by Gasteiger charge is -2.46. The minimum atomic E-state index is -4.12. The number of urea groups is 1. The first kappa shape index (κ1) is 29.5. The van der Waals surface area contributed by atoms with Crippen molar-refractivity contribution in [2.45, 2.75) is 48.5 Å². The van der Waals surface area contributed by atoms with Gasteiger partial charge in [0.1, 0.15) is 5.75 Å².